The zero-order valence-electron chi connectivity index (χ0n) is 9.44. The maximum absolute atomic E-state index is 9.42. The minimum absolute atomic E-state index is 0.633. The summed E-state index contributed by atoms with van der Waals surface area (Å²) in [7, 11) is 0. The van der Waals surface area contributed by atoms with E-state index in [0.717, 1.165) is 10.7 Å². The van der Waals surface area contributed by atoms with Crippen LogP contribution in [0.5, 0.6) is 0 Å². The van der Waals surface area contributed by atoms with E-state index in [0.29, 0.717) is 5.69 Å². The molecule has 0 aliphatic carbocycles. The first-order chi connectivity index (χ1) is 8.54. The number of nitrogens with one attached hydrogen (secondary N) is 1. The standard InChI is InChI=1S/C11H15BrN2O4/c12-7-1-3-8(4-2-7)14-13-5-9(16)11(18)10(17)6-15/h1-5,9-11,14-18H,6H2/t9-,10-,11+/m1/s1. The molecule has 0 bridgehead atoms. The first kappa shape index (κ1) is 15.1. The van der Waals surface area contributed by atoms with Gasteiger partial charge in [0.05, 0.1) is 18.5 Å². The van der Waals surface area contributed by atoms with Gasteiger partial charge >= 0.3 is 0 Å². The maximum atomic E-state index is 9.42. The van der Waals surface area contributed by atoms with Gasteiger partial charge in [0, 0.05) is 4.47 Å². The molecular weight excluding hydrogens is 304 g/mol. The van der Waals surface area contributed by atoms with Crippen molar-refractivity contribution in [3.05, 3.63) is 28.7 Å². The van der Waals surface area contributed by atoms with Gasteiger partial charge in [-0.15, -0.1) is 0 Å². The van der Waals surface area contributed by atoms with Crippen molar-refractivity contribution in [3.63, 3.8) is 0 Å². The van der Waals surface area contributed by atoms with E-state index in [1.165, 1.54) is 0 Å². The SMILES string of the molecule is OC[C@@H](O)[C@@H](O)[C@H](O)C=NNc1ccc(Br)cc1. The lowest BCUT2D eigenvalue weighted by Gasteiger charge is -2.18. The van der Waals surface area contributed by atoms with E-state index in [1.54, 1.807) is 12.1 Å². The molecule has 0 aliphatic heterocycles. The highest BCUT2D eigenvalue weighted by molar-refractivity contribution is 9.10. The Morgan fingerprint density at radius 2 is 1.83 bits per heavy atom. The molecule has 5 N–H and O–H groups in total. The number of rotatable bonds is 6. The summed E-state index contributed by atoms with van der Waals surface area (Å²) >= 11 is 3.29. The average molecular weight is 319 g/mol. The number of benzene rings is 1. The van der Waals surface area contributed by atoms with Crippen LogP contribution >= 0.6 is 15.9 Å². The van der Waals surface area contributed by atoms with Gasteiger partial charge < -0.3 is 20.4 Å². The van der Waals surface area contributed by atoms with Crippen molar-refractivity contribution in [3.8, 4) is 0 Å². The van der Waals surface area contributed by atoms with Crippen molar-refractivity contribution in [2.24, 2.45) is 5.10 Å². The van der Waals surface area contributed by atoms with E-state index < -0.39 is 24.9 Å². The number of hydrazone groups is 1. The molecule has 18 heavy (non-hydrogen) atoms. The van der Waals surface area contributed by atoms with Crippen LogP contribution < -0.4 is 5.43 Å². The fourth-order valence-corrected chi connectivity index (χ4v) is 1.40. The molecule has 3 atom stereocenters. The smallest absolute Gasteiger partial charge is 0.119 e. The van der Waals surface area contributed by atoms with Crippen LogP contribution in [0.4, 0.5) is 5.69 Å². The highest BCUT2D eigenvalue weighted by Crippen LogP contribution is 2.13. The minimum Gasteiger partial charge on any atom is -0.394 e. The predicted octanol–water partition coefficient (Wildman–Crippen LogP) is -0.0782. The second-order valence-electron chi connectivity index (χ2n) is 3.63. The third-order valence-electron chi connectivity index (χ3n) is 2.20. The van der Waals surface area contributed by atoms with E-state index in [9.17, 15) is 10.2 Å². The zero-order chi connectivity index (χ0) is 13.5. The summed E-state index contributed by atoms with van der Waals surface area (Å²) in [4.78, 5) is 0. The Labute approximate surface area is 113 Å². The largest absolute Gasteiger partial charge is 0.394 e. The van der Waals surface area contributed by atoms with Gasteiger partial charge in [-0.2, -0.15) is 5.10 Å². The van der Waals surface area contributed by atoms with Crippen LogP contribution in [0.15, 0.2) is 33.8 Å². The monoisotopic (exact) mass is 318 g/mol. The van der Waals surface area contributed by atoms with E-state index in [2.05, 4.69) is 26.5 Å². The lowest BCUT2D eigenvalue weighted by Crippen LogP contribution is -2.40. The molecule has 0 radical (unpaired) electrons. The average Bonchev–Trinajstić information content (AvgIpc) is 2.39. The second kappa shape index (κ2) is 7.45. The number of aliphatic hydroxyl groups is 4. The Morgan fingerprint density at radius 3 is 2.39 bits per heavy atom. The van der Waals surface area contributed by atoms with Crippen molar-refractivity contribution in [1.29, 1.82) is 0 Å². The Balaban J connectivity index is 2.47. The number of anilines is 1. The van der Waals surface area contributed by atoms with E-state index in [-0.39, 0.29) is 0 Å². The third-order valence-corrected chi connectivity index (χ3v) is 2.72. The maximum Gasteiger partial charge on any atom is 0.119 e. The highest BCUT2D eigenvalue weighted by Gasteiger charge is 2.22. The molecule has 0 aromatic heterocycles. The third kappa shape index (κ3) is 4.71. The van der Waals surface area contributed by atoms with Gasteiger partial charge in [-0.25, -0.2) is 0 Å². The number of aliphatic hydroxyl groups excluding tert-OH is 4. The number of halogens is 1. The summed E-state index contributed by atoms with van der Waals surface area (Å²) in [6.45, 7) is -0.633. The van der Waals surface area contributed by atoms with Crippen LogP contribution in [-0.4, -0.2) is 51.6 Å². The highest BCUT2D eigenvalue weighted by atomic mass is 79.9. The summed E-state index contributed by atoms with van der Waals surface area (Å²) in [6, 6.07) is 7.18. The van der Waals surface area contributed by atoms with E-state index in [4.69, 9.17) is 10.2 Å². The van der Waals surface area contributed by atoms with Gasteiger partial charge in [0.2, 0.25) is 0 Å². The molecule has 6 nitrogen and oxygen atoms in total. The summed E-state index contributed by atoms with van der Waals surface area (Å²) in [6.07, 6.45) is -3.20. The van der Waals surface area contributed by atoms with Crippen LogP contribution in [-0.2, 0) is 0 Å². The zero-order valence-corrected chi connectivity index (χ0v) is 11.0. The van der Waals surface area contributed by atoms with Gasteiger partial charge in [-0.1, -0.05) is 15.9 Å². The molecule has 0 heterocycles. The Bertz CT molecular complexity index is 385. The molecule has 1 aromatic carbocycles. The van der Waals surface area contributed by atoms with Gasteiger partial charge in [0.15, 0.2) is 0 Å². The van der Waals surface area contributed by atoms with Gasteiger partial charge in [-0.05, 0) is 24.3 Å². The van der Waals surface area contributed by atoms with Crippen LogP contribution in [0.1, 0.15) is 0 Å². The predicted molar refractivity (Wildman–Crippen MR) is 71.4 cm³/mol. The molecule has 0 unspecified atom stereocenters. The Morgan fingerprint density at radius 1 is 1.22 bits per heavy atom. The molecule has 100 valence electrons. The number of hydrogen-bond acceptors (Lipinski definition) is 6. The molecule has 0 saturated heterocycles. The lowest BCUT2D eigenvalue weighted by atomic mass is 10.1. The van der Waals surface area contributed by atoms with Crippen molar-refractivity contribution in [1.82, 2.24) is 0 Å². The van der Waals surface area contributed by atoms with Gasteiger partial charge in [0.25, 0.3) is 0 Å². The normalized spacial score (nSPS) is 16.5. The molecule has 7 heteroatoms. The Kier molecular flexibility index (Phi) is 6.23. The number of hydrogen-bond donors (Lipinski definition) is 5. The summed E-state index contributed by atoms with van der Waals surface area (Å²) in [5.41, 5.74) is 3.36. The molecule has 1 aromatic rings. The molecule has 0 spiro atoms. The topological polar surface area (TPSA) is 105 Å². The summed E-state index contributed by atoms with van der Waals surface area (Å²) < 4.78 is 0.929. The second-order valence-corrected chi connectivity index (χ2v) is 4.54. The van der Waals surface area contributed by atoms with Gasteiger partial charge in [0.1, 0.15) is 18.3 Å². The number of nitrogens with zero attached hydrogens (tertiary/aromatic N) is 1. The first-order valence-corrected chi connectivity index (χ1v) is 6.03. The van der Waals surface area contributed by atoms with Crippen LogP contribution in [0.2, 0.25) is 0 Å². The molecule has 0 saturated carbocycles. The van der Waals surface area contributed by atoms with Crippen molar-refractivity contribution < 1.29 is 20.4 Å². The molecule has 0 aliphatic rings. The van der Waals surface area contributed by atoms with Crippen LogP contribution in [0, 0.1) is 0 Å². The summed E-state index contributed by atoms with van der Waals surface area (Å²) in [5.74, 6) is 0. The lowest BCUT2D eigenvalue weighted by molar-refractivity contribution is -0.0541. The van der Waals surface area contributed by atoms with Crippen LogP contribution in [0.3, 0.4) is 0 Å². The molecular formula is C11H15BrN2O4. The fraction of sp³-hybridized carbons (Fsp3) is 0.364. The summed E-state index contributed by atoms with van der Waals surface area (Å²) in [5, 5.41) is 40.2. The van der Waals surface area contributed by atoms with E-state index >= 15 is 0 Å². The van der Waals surface area contributed by atoms with Crippen molar-refractivity contribution in [2.75, 3.05) is 12.0 Å². The van der Waals surface area contributed by atoms with Gasteiger partial charge in [-0.3, -0.25) is 5.43 Å². The van der Waals surface area contributed by atoms with Crippen LogP contribution in [0.25, 0.3) is 0 Å². The quantitative estimate of drug-likeness (QED) is 0.373. The molecule has 0 amide bonds. The molecule has 0 fully saturated rings. The fourth-order valence-electron chi connectivity index (χ4n) is 1.14. The van der Waals surface area contributed by atoms with E-state index in [1.807, 2.05) is 12.1 Å². The molecule has 1 rings (SSSR count). The van der Waals surface area contributed by atoms with Crippen molar-refractivity contribution >= 4 is 27.8 Å². The first-order valence-electron chi connectivity index (χ1n) is 5.24. The van der Waals surface area contributed by atoms with Crippen molar-refractivity contribution in [2.45, 2.75) is 18.3 Å². The minimum atomic E-state index is -1.48. The Hall–Kier alpha value is -0.990.